The molecule has 1 heterocycles. The number of benzene rings is 1. The molecule has 0 saturated heterocycles. The Morgan fingerprint density at radius 3 is 2.29 bits per heavy atom. The molecule has 0 amide bonds. The third-order valence-electron chi connectivity index (χ3n) is 2.79. The summed E-state index contributed by atoms with van der Waals surface area (Å²) in [4.78, 5) is 22.7. The fourth-order valence-corrected chi connectivity index (χ4v) is 1.69. The summed E-state index contributed by atoms with van der Waals surface area (Å²) >= 11 is 0. The summed E-state index contributed by atoms with van der Waals surface area (Å²) in [5.74, 6) is -0.299. The minimum absolute atomic E-state index is 0.115. The predicted octanol–water partition coefficient (Wildman–Crippen LogP) is 2.43. The van der Waals surface area contributed by atoms with Crippen molar-refractivity contribution in [1.29, 1.82) is 0 Å². The molecule has 6 heteroatoms. The van der Waals surface area contributed by atoms with Gasteiger partial charge in [-0.25, -0.2) is 9.59 Å². The molecule has 1 aromatic heterocycles. The lowest BCUT2D eigenvalue weighted by molar-refractivity contribution is 0.0559. The van der Waals surface area contributed by atoms with Gasteiger partial charge in [0.2, 0.25) is 5.76 Å². The molecule has 6 nitrogen and oxygen atoms in total. The number of hydrogen-bond donors (Lipinski definition) is 0. The van der Waals surface area contributed by atoms with Gasteiger partial charge in [0.1, 0.15) is 12.4 Å². The van der Waals surface area contributed by atoms with Crippen LogP contribution in [0.15, 0.2) is 41.0 Å². The average Bonchev–Trinajstić information content (AvgIpc) is 3.00. The van der Waals surface area contributed by atoms with Crippen molar-refractivity contribution in [2.24, 2.45) is 0 Å². The number of rotatable bonds is 5. The van der Waals surface area contributed by atoms with Crippen LogP contribution in [0.5, 0.6) is 5.75 Å². The van der Waals surface area contributed by atoms with E-state index < -0.39 is 11.9 Å². The van der Waals surface area contributed by atoms with E-state index in [4.69, 9.17) is 9.15 Å². The molecule has 0 aliphatic carbocycles. The monoisotopic (exact) mass is 290 g/mol. The largest absolute Gasteiger partial charge is 0.489 e. The average molecular weight is 290 g/mol. The second-order valence-corrected chi connectivity index (χ2v) is 4.07. The Hall–Kier alpha value is -2.76. The molecular weight excluding hydrogens is 276 g/mol. The number of carbonyl (C=O) groups is 2. The molecule has 110 valence electrons. The highest BCUT2D eigenvalue weighted by atomic mass is 16.5. The van der Waals surface area contributed by atoms with Gasteiger partial charge in [-0.1, -0.05) is 0 Å². The van der Waals surface area contributed by atoms with Crippen molar-refractivity contribution in [3.05, 3.63) is 53.5 Å². The van der Waals surface area contributed by atoms with Gasteiger partial charge in [-0.2, -0.15) is 0 Å². The molecule has 0 N–H and O–H groups in total. The second-order valence-electron chi connectivity index (χ2n) is 4.07. The molecule has 21 heavy (non-hydrogen) atoms. The summed E-state index contributed by atoms with van der Waals surface area (Å²) < 4.78 is 19.8. The summed E-state index contributed by atoms with van der Waals surface area (Å²) in [7, 11) is 2.60. The minimum Gasteiger partial charge on any atom is -0.489 e. The maximum atomic E-state index is 11.4. The zero-order valence-corrected chi connectivity index (χ0v) is 11.6. The zero-order valence-electron chi connectivity index (χ0n) is 11.6. The number of ether oxygens (including phenoxy) is 3. The van der Waals surface area contributed by atoms with Crippen LogP contribution in [-0.2, 0) is 16.1 Å². The van der Waals surface area contributed by atoms with Crippen molar-refractivity contribution in [2.45, 2.75) is 6.61 Å². The fourth-order valence-electron chi connectivity index (χ4n) is 1.69. The molecule has 0 atom stereocenters. The summed E-state index contributed by atoms with van der Waals surface area (Å²) in [5.41, 5.74) is 1.02. The molecule has 0 spiro atoms. The third-order valence-corrected chi connectivity index (χ3v) is 2.79. The normalized spacial score (nSPS) is 10.0. The van der Waals surface area contributed by atoms with Crippen LogP contribution in [0.3, 0.4) is 0 Å². The highest BCUT2D eigenvalue weighted by molar-refractivity contribution is 5.89. The van der Waals surface area contributed by atoms with Crippen molar-refractivity contribution in [3.63, 3.8) is 0 Å². The number of methoxy groups -OCH3 is 2. The number of esters is 2. The smallest absolute Gasteiger partial charge is 0.374 e. The highest BCUT2D eigenvalue weighted by Gasteiger charge is 2.16. The first-order valence-corrected chi connectivity index (χ1v) is 6.11. The van der Waals surface area contributed by atoms with Gasteiger partial charge >= 0.3 is 11.9 Å². The van der Waals surface area contributed by atoms with Gasteiger partial charge in [0.25, 0.3) is 0 Å². The van der Waals surface area contributed by atoms with Gasteiger partial charge in [-0.3, -0.25) is 0 Å². The van der Waals surface area contributed by atoms with Gasteiger partial charge in [0.15, 0.2) is 0 Å². The molecule has 2 aromatic rings. The standard InChI is InChI=1S/C15H14O6/c1-18-14(16)10-3-5-12(6-4-10)21-9-11-7-8-20-13(11)15(17)19-2/h3-8H,9H2,1-2H3. The summed E-state index contributed by atoms with van der Waals surface area (Å²) in [6, 6.07) is 8.11. The molecule has 0 fully saturated rings. The maximum absolute atomic E-state index is 11.4. The van der Waals surface area contributed by atoms with E-state index in [1.165, 1.54) is 20.5 Å². The van der Waals surface area contributed by atoms with Gasteiger partial charge in [-0.15, -0.1) is 0 Å². The summed E-state index contributed by atoms with van der Waals surface area (Å²) in [6.45, 7) is 0.151. The molecular formula is C15H14O6. The Labute approximate surface area is 121 Å². The summed E-state index contributed by atoms with van der Waals surface area (Å²) in [6.07, 6.45) is 1.39. The van der Waals surface area contributed by atoms with E-state index in [2.05, 4.69) is 9.47 Å². The van der Waals surface area contributed by atoms with Crippen molar-refractivity contribution in [3.8, 4) is 5.75 Å². The SMILES string of the molecule is COC(=O)c1ccc(OCc2ccoc2C(=O)OC)cc1. The quantitative estimate of drug-likeness (QED) is 0.787. The first kappa shape index (κ1) is 14.6. The number of hydrogen-bond acceptors (Lipinski definition) is 6. The Morgan fingerprint density at radius 2 is 1.67 bits per heavy atom. The Morgan fingerprint density at radius 1 is 1.00 bits per heavy atom. The Balaban J connectivity index is 2.02. The van der Waals surface area contributed by atoms with Crippen LogP contribution in [0.1, 0.15) is 26.5 Å². The lowest BCUT2D eigenvalue weighted by atomic mass is 10.2. The lowest BCUT2D eigenvalue weighted by Crippen LogP contribution is -2.05. The van der Waals surface area contributed by atoms with E-state index in [1.807, 2.05) is 0 Å². The molecule has 0 saturated carbocycles. The zero-order chi connectivity index (χ0) is 15.2. The molecule has 1 aromatic carbocycles. The van der Waals surface area contributed by atoms with Gasteiger partial charge < -0.3 is 18.6 Å². The topological polar surface area (TPSA) is 75.0 Å². The van der Waals surface area contributed by atoms with Crippen LogP contribution >= 0.6 is 0 Å². The van der Waals surface area contributed by atoms with E-state index in [-0.39, 0.29) is 12.4 Å². The number of carbonyl (C=O) groups excluding carboxylic acids is 2. The van der Waals surface area contributed by atoms with Crippen LogP contribution in [0.25, 0.3) is 0 Å². The van der Waals surface area contributed by atoms with E-state index in [1.54, 1.807) is 30.3 Å². The van der Waals surface area contributed by atoms with Crippen molar-refractivity contribution >= 4 is 11.9 Å². The Bertz CT molecular complexity index is 626. The fraction of sp³-hybridized carbons (Fsp3) is 0.200. The Kier molecular flexibility index (Phi) is 4.61. The van der Waals surface area contributed by atoms with E-state index in [0.717, 1.165) is 0 Å². The van der Waals surface area contributed by atoms with Gasteiger partial charge in [0.05, 0.1) is 26.0 Å². The van der Waals surface area contributed by atoms with Crippen molar-refractivity contribution < 1.29 is 28.2 Å². The van der Waals surface area contributed by atoms with Crippen LogP contribution < -0.4 is 4.74 Å². The molecule has 0 unspecified atom stereocenters. The van der Waals surface area contributed by atoms with Crippen LogP contribution in [0.2, 0.25) is 0 Å². The predicted molar refractivity (Wildman–Crippen MR) is 72.2 cm³/mol. The van der Waals surface area contributed by atoms with Crippen LogP contribution in [-0.4, -0.2) is 26.2 Å². The first-order chi connectivity index (χ1) is 10.2. The third kappa shape index (κ3) is 3.42. The van der Waals surface area contributed by atoms with E-state index in [0.29, 0.717) is 16.9 Å². The summed E-state index contributed by atoms with van der Waals surface area (Å²) in [5, 5.41) is 0. The molecule has 0 bridgehead atoms. The van der Waals surface area contributed by atoms with Crippen molar-refractivity contribution in [1.82, 2.24) is 0 Å². The molecule has 0 aliphatic heterocycles. The van der Waals surface area contributed by atoms with E-state index in [9.17, 15) is 9.59 Å². The van der Waals surface area contributed by atoms with Crippen LogP contribution in [0, 0.1) is 0 Å². The molecule has 2 rings (SSSR count). The van der Waals surface area contributed by atoms with Crippen LogP contribution in [0.4, 0.5) is 0 Å². The maximum Gasteiger partial charge on any atom is 0.374 e. The highest BCUT2D eigenvalue weighted by Crippen LogP contribution is 2.17. The lowest BCUT2D eigenvalue weighted by Gasteiger charge is -2.06. The molecule has 0 radical (unpaired) electrons. The van der Waals surface area contributed by atoms with Crippen molar-refractivity contribution in [2.75, 3.05) is 14.2 Å². The second kappa shape index (κ2) is 6.60. The van der Waals surface area contributed by atoms with E-state index >= 15 is 0 Å². The number of furan rings is 1. The van der Waals surface area contributed by atoms with Gasteiger partial charge in [0, 0.05) is 5.56 Å². The molecule has 0 aliphatic rings. The minimum atomic E-state index is -0.556. The first-order valence-electron chi connectivity index (χ1n) is 6.11. The van der Waals surface area contributed by atoms with Gasteiger partial charge in [-0.05, 0) is 30.3 Å².